The van der Waals surface area contributed by atoms with Crippen LogP contribution in [0.4, 0.5) is 5.69 Å². The fourth-order valence-electron chi connectivity index (χ4n) is 3.38. The summed E-state index contributed by atoms with van der Waals surface area (Å²) in [5.41, 5.74) is 2.45. The van der Waals surface area contributed by atoms with Crippen molar-refractivity contribution in [1.29, 1.82) is 0 Å². The van der Waals surface area contributed by atoms with Crippen LogP contribution in [0.2, 0.25) is 0 Å². The third-order valence-electron chi connectivity index (χ3n) is 5.22. The molecule has 0 saturated carbocycles. The summed E-state index contributed by atoms with van der Waals surface area (Å²) >= 11 is 0. The first-order valence-electron chi connectivity index (χ1n) is 10.2. The molecule has 2 heterocycles. The molecule has 2 aromatic heterocycles. The molecule has 1 N–H and O–H groups in total. The standard InChI is InChI=1S/C25H23NO7/c1-14-10-17-20(11-15(14)2)33-24(19-6-5-9-31-19)25(23(17)28)32-13-22(27)26-16-7-8-18(29-3)21(12-16)30-4/h5-12H,13H2,1-4H3,(H,26,27). The topological polar surface area (TPSA) is 100 Å². The normalized spacial score (nSPS) is 10.8. The lowest BCUT2D eigenvalue weighted by atomic mass is 10.1. The van der Waals surface area contributed by atoms with Crippen molar-refractivity contribution in [2.24, 2.45) is 0 Å². The van der Waals surface area contributed by atoms with Gasteiger partial charge in [0.05, 0.1) is 25.9 Å². The van der Waals surface area contributed by atoms with E-state index < -0.39 is 12.5 Å². The zero-order valence-electron chi connectivity index (χ0n) is 18.7. The van der Waals surface area contributed by atoms with E-state index in [0.717, 1.165) is 11.1 Å². The fourth-order valence-corrected chi connectivity index (χ4v) is 3.38. The number of anilines is 1. The van der Waals surface area contributed by atoms with Crippen molar-refractivity contribution in [3.8, 4) is 28.8 Å². The summed E-state index contributed by atoms with van der Waals surface area (Å²) < 4.78 is 27.5. The number of benzene rings is 2. The van der Waals surface area contributed by atoms with Crippen LogP contribution < -0.4 is 25.0 Å². The van der Waals surface area contributed by atoms with Gasteiger partial charge in [-0.2, -0.15) is 0 Å². The number of carbonyl (C=O) groups is 1. The van der Waals surface area contributed by atoms with Gasteiger partial charge in [0, 0.05) is 11.8 Å². The Labute approximate surface area is 189 Å². The van der Waals surface area contributed by atoms with Gasteiger partial charge in [0.25, 0.3) is 5.91 Å². The van der Waals surface area contributed by atoms with Gasteiger partial charge in [-0.3, -0.25) is 9.59 Å². The van der Waals surface area contributed by atoms with Gasteiger partial charge in [0.15, 0.2) is 23.9 Å². The number of methoxy groups -OCH3 is 2. The van der Waals surface area contributed by atoms with Gasteiger partial charge in [-0.15, -0.1) is 0 Å². The predicted molar refractivity (Wildman–Crippen MR) is 123 cm³/mol. The van der Waals surface area contributed by atoms with E-state index in [0.29, 0.717) is 33.9 Å². The van der Waals surface area contributed by atoms with Crippen molar-refractivity contribution in [3.63, 3.8) is 0 Å². The summed E-state index contributed by atoms with van der Waals surface area (Å²) in [6.45, 7) is 3.43. The number of hydrogen-bond donors (Lipinski definition) is 1. The summed E-state index contributed by atoms with van der Waals surface area (Å²) in [4.78, 5) is 25.8. The van der Waals surface area contributed by atoms with E-state index in [9.17, 15) is 9.59 Å². The second-order valence-corrected chi connectivity index (χ2v) is 7.41. The monoisotopic (exact) mass is 449 g/mol. The molecule has 4 rings (SSSR count). The van der Waals surface area contributed by atoms with E-state index in [1.165, 1.54) is 20.5 Å². The lowest BCUT2D eigenvalue weighted by Crippen LogP contribution is -2.22. The molecule has 2 aromatic carbocycles. The molecule has 8 heteroatoms. The molecule has 0 spiro atoms. The Morgan fingerprint density at radius 2 is 1.76 bits per heavy atom. The molecule has 0 aliphatic rings. The molecule has 8 nitrogen and oxygen atoms in total. The first kappa shape index (κ1) is 22.0. The number of rotatable bonds is 7. The number of fused-ring (bicyclic) bond motifs is 1. The largest absolute Gasteiger partial charge is 0.493 e. The van der Waals surface area contributed by atoms with Crippen LogP contribution in [-0.2, 0) is 4.79 Å². The minimum Gasteiger partial charge on any atom is -0.493 e. The molecule has 0 atom stereocenters. The molecule has 1 amide bonds. The van der Waals surface area contributed by atoms with E-state index >= 15 is 0 Å². The highest BCUT2D eigenvalue weighted by atomic mass is 16.5. The maximum Gasteiger partial charge on any atom is 0.262 e. The van der Waals surface area contributed by atoms with Crippen molar-refractivity contribution >= 4 is 22.6 Å². The minimum absolute atomic E-state index is 0.0943. The summed E-state index contributed by atoms with van der Waals surface area (Å²) in [5, 5.41) is 3.07. The van der Waals surface area contributed by atoms with E-state index in [-0.39, 0.29) is 16.9 Å². The molecule has 0 aliphatic carbocycles. The van der Waals surface area contributed by atoms with Crippen molar-refractivity contribution in [2.45, 2.75) is 13.8 Å². The molecule has 0 unspecified atom stereocenters. The van der Waals surface area contributed by atoms with Crippen molar-refractivity contribution in [1.82, 2.24) is 0 Å². The van der Waals surface area contributed by atoms with Crippen LogP contribution >= 0.6 is 0 Å². The van der Waals surface area contributed by atoms with Gasteiger partial charge in [-0.05, 0) is 61.4 Å². The number of amides is 1. The predicted octanol–water partition coefficient (Wildman–Crippen LogP) is 4.70. The first-order chi connectivity index (χ1) is 15.9. The third kappa shape index (κ3) is 4.41. The lowest BCUT2D eigenvalue weighted by molar-refractivity contribution is -0.118. The molecule has 170 valence electrons. The molecular formula is C25H23NO7. The van der Waals surface area contributed by atoms with Gasteiger partial charge in [-0.1, -0.05) is 0 Å². The van der Waals surface area contributed by atoms with Gasteiger partial charge >= 0.3 is 0 Å². The van der Waals surface area contributed by atoms with Crippen LogP contribution in [-0.4, -0.2) is 26.7 Å². The summed E-state index contributed by atoms with van der Waals surface area (Å²) in [7, 11) is 3.03. The number of ether oxygens (including phenoxy) is 3. The number of aryl methyl sites for hydroxylation is 2. The summed E-state index contributed by atoms with van der Waals surface area (Å²) in [6, 6.07) is 11.8. The highest BCUT2D eigenvalue weighted by molar-refractivity contribution is 5.92. The molecule has 0 fully saturated rings. The van der Waals surface area contributed by atoms with Crippen LogP contribution in [0.25, 0.3) is 22.5 Å². The Bertz CT molecular complexity index is 1370. The molecule has 0 saturated heterocycles. The Morgan fingerprint density at radius 3 is 2.45 bits per heavy atom. The maximum atomic E-state index is 13.2. The Hall–Kier alpha value is -4.20. The number of furan rings is 1. The Morgan fingerprint density at radius 1 is 1.00 bits per heavy atom. The minimum atomic E-state index is -0.466. The van der Waals surface area contributed by atoms with Gasteiger partial charge in [0.1, 0.15) is 5.58 Å². The van der Waals surface area contributed by atoms with Crippen molar-refractivity contribution in [2.75, 3.05) is 26.1 Å². The molecule has 4 aromatic rings. The van der Waals surface area contributed by atoms with Crippen molar-refractivity contribution < 1.29 is 27.8 Å². The quantitative estimate of drug-likeness (QED) is 0.436. The summed E-state index contributed by atoms with van der Waals surface area (Å²) in [6.07, 6.45) is 1.47. The highest BCUT2D eigenvalue weighted by Gasteiger charge is 2.21. The maximum absolute atomic E-state index is 13.2. The van der Waals surface area contributed by atoms with E-state index in [1.807, 2.05) is 13.8 Å². The van der Waals surface area contributed by atoms with Gasteiger partial charge in [-0.25, -0.2) is 0 Å². The first-order valence-corrected chi connectivity index (χ1v) is 10.2. The summed E-state index contributed by atoms with van der Waals surface area (Å²) in [5.74, 6) is 0.892. The second-order valence-electron chi connectivity index (χ2n) is 7.41. The van der Waals surface area contributed by atoms with Crippen LogP contribution in [0.5, 0.6) is 17.2 Å². The zero-order valence-corrected chi connectivity index (χ0v) is 18.7. The lowest BCUT2D eigenvalue weighted by Gasteiger charge is -2.12. The smallest absolute Gasteiger partial charge is 0.262 e. The average molecular weight is 449 g/mol. The third-order valence-corrected chi connectivity index (χ3v) is 5.22. The Kier molecular flexibility index (Phi) is 6.08. The van der Waals surface area contributed by atoms with E-state index in [4.69, 9.17) is 23.0 Å². The fraction of sp³-hybridized carbons (Fsp3) is 0.200. The average Bonchev–Trinajstić information content (AvgIpc) is 3.34. The van der Waals surface area contributed by atoms with Gasteiger partial charge < -0.3 is 28.4 Å². The second kappa shape index (κ2) is 9.12. The Balaban J connectivity index is 1.63. The van der Waals surface area contributed by atoms with E-state index in [1.54, 1.807) is 42.5 Å². The SMILES string of the molecule is COc1ccc(NC(=O)COc2c(-c3ccco3)oc3cc(C)c(C)cc3c2=O)cc1OC. The van der Waals surface area contributed by atoms with Gasteiger partial charge in [0.2, 0.25) is 16.9 Å². The van der Waals surface area contributed by atoms with Crippen LogP contribution in [0.3, 0.4) is 0 Å². The van der Waals surface area contributed by atoms with Crippen LogP contribution in [0.1, 0.15) is 11.1 Å². The molecule has 0 aliphatic heterocycles. The molecule has 0 radical (unpaired) electrons. The van der Waals surface area contributed by atoms with E-state index in [2.05, 4.69) is 5.32 Å². The zero-order chi connectivity index (χ0) is 23.5. The highest BCUT2D eigenvalue weighted by Crippen LogP contribution is 2.32. The van der Waals surface area contributed by atoms with Crippen molar-refractivity contribution in [3.05, 3.63) is 70.1 Å². The van der Waals surface area contributed by atoms with Crippen LogP contribution in [0, 0.1) is 13.8 Å². The molecule has 33 heavy (non-hydrogen) atoms. The number of carbonyl (C=O) groups excluding carboxylic acids is 1. The molecular weight excluding hydrogens is 426 g/mol. The van der Waals surface area contributed by atoms with Crippen LogP contribution in [0.15, 0.2) is 62.4 Å². The number of nitrogens with one attached hydrogen (secondary N) is 1. The number of hydrogen-bond acceptors (Lipinski definition) is 7. The molecule has 0 bridgehead atoms.